The highest BCUT2D eigenvalue weighted by molar-refractivity contribution is 5.45. The van der Waals surface area contributed by atoms with Gasteiger partial charge in [0.25, 0.3) is 0 Å². The highest BCUT2D eigenvalue weighted by Gasteiger charge is 2.22. The van der Waals surface area contributed by atoms with E-state index in [1.807, 2.05) is 6.92 Å². The van der Waals surface area contributed by atoms with Crippen LogP contribution in [-0.4, -0.2) is 18.0 Å². The molecule has 0 spiro atoms. The van der Waals surface area contributed by atoms with E-state index in [1.165, 1.54) is 11.1 Å². The van der Waals surface area contributed by atoms with E-state index in [-0.39, 0.29) is 0 Å². The van der Waals surface area contributed by atoms with Gasteiger partial charge >= 0.3 is 0 Å². The lowest BCUT2D eigenvalue weighted by atomic mass is 9.92. The van der Waals surface area contributed by atoms with E-state index in [9.17, 15) is 0 Å². The average molecular weight is 163 g/mol. The lowest BCUT2D eigenvalue weighted by Crippen LogP contribution is -2.33. The molecule has 0 aromatic heterocycles. The highest BCUT2D eigenvalue weighted by Crippen LogP contribution is 2.31. The Morgan fingerprint density at radius 2 is 2.08 bits per heavy atom. The van der Waals surface area contributed by atoms with E-state index in [0.29, 0.717) is 6.04 Å². The van der Waals surface area contributed by atoms with Crippen molar-refractivity contribution in [3.63, 3.8) is 0 Å². The molecule has 1 rings (SSSR count). The Bertz CT molecular complexity index is 248. The molecule has 0 aromatic carbocycles. The maximum absolute atomic E-state index is 4.05. The van der Waals surface area contributed by atoms with Crippen molar-refractivity contribution in [3.8, 4) is 0 Å². The van der Waals surface area contributed by atoms with Gasteiger partial charge in [0.15, 0.2) is 0 Å². The molecule has 1 aliphatic heterocycles. The Kier molecular flexibility index (Phi) is 2.41. The largest absolute Gasteiger partial charge is 0.372 e. The van der Waals surface area contributed by atoms with Gasteiger partial charge in [0.2, 0.25) is 0 Å². The molecule has 0 aromatic rings. The molecular formula is C11H17N. The van der Waals surface area contributed by atoms with E-state index in [1.54, 1.807) is 0 Å². The van der Waals surface area contributed by atoms with Crippen molar-refractivity contribution < 1.29 is 0 Å². The van der Waals surface area contributed by atoms with Gasteiger partial charge in [0, 0.05) is 18.8 Å². The topological polar surface area (TPSA) is 3.24 Å². The van der Waals surface area contributed by atoms with E-state index < -0.39 is 0 Å². The van der Waals surface area contributed by atoms with Gasteiger partial charge in [-0.25, -0.2) is 0 Å². The third-order valence-electron chi connectivity index (χ3n) is 2.61. The first-order valence-electron chi connectivity index (χ1n) is 4.34. The van der Waals surface area contributed by atoms with Crippen LogP contribution in [0.25, 0.3) is 0 Å². The number of hydrogen-bond donors (Lipinski definition) is 0. The van der Waals surface area contributed by atoms with Crippen LogP contribution in [0.4, 0.5) is 0 Å². The molecule has 12 heavy (non-hydrogen) atoms. The summed E-state index contributed by atoms with van der Waals surface area (Å²) in [6, 6.07) is 0.536. The van der Waals surface area contributed by atoms with Gasteiger partial charge in [-0.3, -0.25) is 0 Å². The van der Waals surface area contributed by atoms with Crippen molar-refractivity contribution in [1.29, 1.82) is 0 Å². The summed E-state index contributed by atoms with van der Waals surface area (Å²) in [6.07, 6.45) is 3.14. The molecule has 0 bridgehead atoms. The van der Waals surface area contributed by atoms with Crippen LogP contribution in [-0.2, 0) is 0 Å². The zero-order chi connectivity index (χ0) is 9.30. The third kappa shape index (κ3) is 1.31. The second-order valence-corrected chi connectivity index (χ2v) is 3.42. The zero-order valence-corrected chi connectivity index (χ0v) is 8.22. The quantitative estimate of drug-likeness (QED) is 0.530. The smallest absolute Gasteiger partial charge is 0.0365 e. The molecule has 0 radical (unpaired) electrons. The Labute approximate surface area is 75.1 Å². The summed E-state index contributed by atoms with van der Waals surface area (Å²) in [4.78, 5) is 2.21. The van der Waals surface area contributed by atoms with E-state index >= 15 is 0 Å². The fourth-order valence-corrected chi connectivity index (χ4v) is 1.63. The van der Waals surface area contributed by atoms with Gasteiger partial charge in [-0.2, -0.15) is 0 Å². The first kappa shape index (κ1) is 9.11. The molecular weight excluding hydrogens is 146 g/mol. The summed E-state index contributed by atoms with van der Waals surface area (Å²) in [5.41, 5.74) is 3.53. The Hall–Kier alpha value is -0.980. The van der Waals surface area contributed by atoms with Crippen molar-refractivity contribution >= 4 is 0 Å². The fourth-order valence-electron chi connectivity index (χ4n) is 1.63. The third-order valence-corrected chi connectivity index (χ3v) is 2.61. The van der Waals surface area contributed by atoms with Gasteiger partial charge in [-0.1, -0.05) is 19.2 Å². The minimum atomic E-state index is 0.536. The standard InChI is InChI=1S/C11H17N/c1-6-11-8(2)7-9(3)12(5)10(11)4/h6,9H,2,4,7H2,1,3,5H3/b11-6+. The minimum Gasteiger partial charge on any atom is -0.372 e. The van der Waals surface area contributed by atoms with Gasteiger partial charge in [0.05, 0.1) is 0 Å². The molecule has 1 aliphatic rings. The maximum Gasteiger partial charge on any atom is 0.0365 e. The summed E-state index contributed by atoms with van der Waals surface area (Å²) in [5.74, 6) is 0. The molecule has 66 valence electrons. The lowest BCUT2D eigenvalue weighted by Gasteiger charge is -2.36. The number of hydrogen-bond acceptors (Lipinski definition) is 1. The number of likely N-dealkylation sites (tertiary alicyclic amines) is 1. The number of nitrogens with zero attached hydrogens (tertiary/aromatic N) is 1. The normalized spacial score (nSPS) is 28.4. The minimum absolute atomic E-state index is 0.536. The lowest BCUT2D eigenvalue weighted by molar-refractivity contribution is 0.312. The predicted octanol–water partition coefficient (Wildman–Crippen LogP) is 2.73. The highest BCUT2D eigenvalue weighted by atomic mass is 15.1. The van der Waals surface area contributed by atoms with Gasteiger partial charge < -0.3 is 4.90 Å². The second kappa shape index (κ2) is 3.18. The molecule has 1 fully saturated rings. The van der Waals surface area contributed by atoms with Gasteiger partial charge in [-0.05, 0) is 31.4 Å². The number of rotatable bonds is 0. The number of allylic oxidation sites excluding steroid dienone is 2. The van der Waals surface area contributed by atoms with Crippen LogP contribution in [0.15, 0.2) is 36.1 Å². The first-order chi connectivity index (χ1) is 5.57. The summed E-state index contributed by atoms with van der Waals surface area (Å²) in [7, 11) is 2.09. The maximum atomic E-state index is 4.05. The first-order valence-corrected chi connectivity index (χ1v) is 4.34. The van der Waals surface area contributed by atoms with Crippen LogP contribution in [0.1, 0.15) is 20.3 Å². The average Bonchev–Trinajstić information content (AvgIpc) is 2.01. The van der Waals surface area contributed by atoms with Crippen molar-refractivity contribution in [1.82, 2.24) is 4.90 Å². The zero-order valence-electron chi connectivity index (χ0n) is 8.22. The summed E-state index contributed by atoms with van der Waals surface area (Å²) in [5, 5.41) is 0. The monoisotopic (exact) mass is 163 g/mol. The van der Waals surface area contributed by atoms with Crippen LogP contribution in [0.2, 0.25) is 0 Å². The predicted molar refractivity (Wildman–Crippen MR) is 53.9 cm³/mol. The van der Waals surface area contributed by atoms with E-state index in [4.69, 9.17) is 0 Å². The van der Waals surface area contributed by atoms with Gasteiger partial charge in [-0.15, -0.1) is 0 Å². The van der Waals surface area contributed by atoms with Crippen LogP contribution in [0.5, 0.6) is 0 Å². The molecule has 1 heteroatoms. The van der Waals surface area contributed by atoms with Crippen molar-refractivity contribution in [2.24, 2.45) is 0 Å². The fraction of sp³-hybridized carbons (Fsp3) is 0.455. The molecule has 1 unspecified atom stereocenters. The molecule has 1 atom stereocenters. The molecule has 0 aliphatic carbocycles. The van der Waals surface area contributed by atoms with Crippen LogP contribution in [0.3, 0.4) is 0 Å². The number of likely N-dealkylation sites (N-methyl/N-ethyl adjacent to an activating group) is 1. The Morgan fingerprint density at radius 1 is 1.50 bits per heavy atom. The van der Waals surface area contributed by atoms with Crippen molar-refractivity contribution in [2.75, 3.05) is 7.05 Å². The second-order valence-electron chi connectivity index (χ2n) is 3.42. The van der Waals surface area contributed by atoms with Crippen LogP contribution < -0.4 is 0 Å². The summed E-state index contributed by atoms with van der Waals surface area (Å²) in [6.45, 7) is 12.3. The summed E-state index contributed by atoms with van der Waals surface area (Å²) < 4.78 is 0. The molecule has 0 N–H and O–H groups in total. The molecule has 0 saturated carbocycles. The van der Waals surface area contributed by atoms with E-state index in [2.05, 4.69) is 38.1 Å². The summed E-state index contributed by atoms with van der Waals surface area (Å²) >= 11 is 0. The molecule has 1 heterocycles. The van der Waals surface area contributed by atoms with Crippen molar-refractivity contribution in [3.05, 3.63) is 36.1 Å². The van der Waals surface area contributed by atoms with Gasteiger partial charge in [0.1, 0.15) is 0 Å². The van der Waals surface area contributed by atoms with Crippen LogP contribution in [0, 0.1) is 0 Å². The molecule has 1 nitrogen and oxygen atoms in total. The van der Waals surface area contributed by atoms with Crippen LogP contribution >= 0.6 is 0 Å². The molecule has 1 saturated heterocycles. The number of piperidine rings is 1. The van der Waals surface area contributed by atoms with E-state index in [0.717, 1.165) is 12.1 Å². The Balaban J connectivity index is 2.95. The SMILES string of the molecule is C=C1CC(C)N(C)C(=C)/C1=C/C. The van der Waals surface area contributed by atoms with Crippen molar-refractivity contribution in [2.45, 2.75) is 26.3 Å². The Morgan fingerprint density at radius 3 is 2.58 bits per heavy atom. The molecule has 0 amide bonds.